The second-order valence-electron chi connectivity index (χ2n) is 7.34. The van der Waals surface area contributed by atoms with Crippen LogP contribution < -0.4 is 21.1 Å². The van der Waals surface area contributed by atoms with Crippen molar-refractivity contribution < 1.29 is 17.9 Å². The lowest BCUT2D eigenvalue weighted by Crippen LogP contribution is -2.42. The number of nitrogens with one attached hydrogen (secondary N) is 1. The van der Waals surface area contributed by atoms with E-state index in [1.54, 1.807) is 37.3 Å². The maximum Gasteiger partial charge on any atom is 0.324 e. The van der Waals surface area contributed by atoms with E-state index in [1.165, 1.54) is 6.07 Å². The number of ether oxygens (including phenoxy) is 1. The highest BCUT2D eigenvalue weighted by molar-refractivity contribution is 7.89. The number of sulfonamides is 1. The maximum absolute atomic E-state index is 13.3. The third kappa shape index (κ3) is 6.69. The summed E-state index contributed by atoms with van der Waals surface area (Å²) < 4.78 is 34.3. The van der Waals surface area contributed by atoms with Gasteiger partial charge < -0.3 is 21.1 Å². The first-order valence-electron chi connectivity index (χ1n) is 10.2. The van der Waals surface area contributed by atoms with Crippen LogP contribution >= 0.6 is 0 Å². The third-order valence-electron chi connectivity index (χ3n) is 4.72. The molecule has 1 atom stereocenters. The number of hydrogen-bond acceptors (Lipinski definition) is 6. The van der Waals surface area contributed by atoms with Crippen molar-refractivity contribution in [1.82, 2.24) is 4.72 Å². The predicted molar refractivity (Wildman–Crippen MR) is 128 cm³/mol. The summed E-state index contributed by atoms with van der Waals surface area (Å²) >= 11 is 0. The van der Waals surface area contributed by atoms with Crippen LogP contribution in [0.1, 0.15) is 19.8 Å². The minimum Gasteiger partial charge on any atom is -0.460 e. The standard InChI is InChI=1S/C22H31N5O4S/c1-4-5-15-31-21(28)18(11-8-14-25-22(23)24)26-32(29,30)20-13-7-9-16-17(20)10-6-12-19(16)27(2)3/h4-7,9-10,12-13,18,26H,8,11,14-15H2,1-3H3,(H4,23,24,25)/t18-/m0/s1. The van der Waals surface area contributed by atoms with E-state index in [4.69, 9.17) is 16.2 Å². The van der Waals surface area contributed by atoms with E-state index >= 15 is 0 Å². The minimum atomic E-state index is -4.03. The number of carbonyl (C=O) groups is 1. The molecule has 0 saturated heterocycles. The fourth-order valence-electron chi connectivity index (χ4n) is 3.20. The van der Waals surface area contributed by atoms with Gasteiger partial charge in [0.15, 0.2) is 5.96 Å². The maximum atomic E-state index is 13.3. The number of esters is 1. The zero-order valence-corrected chi connectivity index (χ0v) is 19.4. The average molecular weight is 462 g/mol. The summed E-state index contributed by atoms with van der Waals surface area (Å²) in [6, 6.07) is 9.45. The Morgan fingerprint density at radius 1 is 1.19 bits per heavy atom. The number of aliphatic imine (C=N–C) groups is 1. The summed E-state index contributed by atoms with van der Waals surface area (Å²) in [4.78, 5) is 18.5. The smallest absolute Gasteiger partial charge is 0.324 e. The van der Waals surface area contributed by atoms with Crippen molar-refractivity contribution in [3.63, 3.8) is 0 Å². The average Bonchev–Trinajstić information content (AvgIpc) is 2.74. The molecule has 0 heterocycles. The lowest BCUT2D eigenvalue weighted by atomic mass is 10.1. The summed E-state index contributed by atoms with van der Waals surface area (Å²) in [6.07, 6.45) is 3.97. The summed E-state index contributed by atoms with van der Waals surface area (Å²) in [7, 11) is -0.249. The number of anilines is 1. The normalized spacial score (nSPS) is 12.6. The van der Waals surface area contributed by atoms with E-state index in [0.717, 1.165) is 11.1 Å². The van der Waals surface area contributed by atoms with Crippen LogP contribution in [0.15, 0.2) is 58.4 Å². The summed E-state index contributed by atoms with van der Waals surface area (Å²) in [6.45, 7) is 2.12. The Balaban J connectivity index is 2.35. The number of benzene rings is 2. The van der Waals surface area contributed by atoms with E-state index in [0.29, 0.717) is 11.8 Å². The molecule has 0 radical (unpaired) electrons. The van der Waals surface area contributed by atoms with Gasteiger partial charge in [-0.05, 0) is 31.9 Å². The van der Waals surface area contributed by atoms with Gasteiger partial charge in [-0.3, -0.25) is 9.79 Å². The highest BCUT2D eigenvalue weighted by atomic mass is 32.2. The lowest BCUT2D eigenvalue weighted by Gasteiger charge is -2.19. The fourth-order valence-corrected chi connectivity index (χ4v) is 4.64. The number of nitrogens with zero attached hydrogens (tertiary/aromatic N) is 2. The van der Waals surface area contributed by atoms with Gasteiger partial charge in [0.25, 0.3) is 0 Å². The highest BCUT2D eigenvalue weighted by Crippen LogP contribution is 2.30. The van der Waals surface area contributed by atoms with Crippen LogP contribution in [0.4, 0.5) is 5.69 Å². The van der Waals surface area contributed by atoms with E-state index in [9.17, 15) is 13.2 Å². The second kappa shape index (κ2) is 11.5. The number of allylic oxidation sites excluding steroid dienone is 1. The summed E-state index contributed by atoms with van der Waals surface area (Å²) in [5.41, 5.74) is 11.5. The zero-order chi connectivity index (χ0) is 23.7. The molecule has 0 amide bonds. The van der Waals surface area contributed by atoms with Crippen molar-refractivity contribution in [3.8, 4) is 0 Å². The van der Waals surface area contributed by atoms with Crippen molar-refractivity contribution in [1.29, 1.82) is 0 Å². The highest BCUT2D eigenvalue weighted by Gasteiger charge is 2.28. The first-order chi connectivity index (χ1) is 15.2. The monoisotopic (exact) mass is 461 g/mol. The molecular formula is C22H31N5O4S. The molecule has 32 heavy (non-hydrogen) atoms. The van der Waals surface area contributed by atoms with E-state index < -0.39 is 22.0 Å². The van der Waals surface area contributed by atoms with E-state index in [1.807, 2.05) is 31.1 Å². The molecule has 0 aromatic heterocycles. The number of guanidine groups is 1. The van der Waals surface area contributed by atoms with Gasteiger partial charge in [-0.1, -0.05) is 36.4 Å². The van der Waals surface area contributed by atoms with Crippen LogP contribution in [0.5, 0.6) is 0 Å². The van der Waals surface area contributed by atoms with Crippen molar-refractivity contribution in [3.05, 3.63) is 48.6 Å². The predicted octanol–water partition coefficient (Wildman–Crippen LogP) is 1.73. The van der Waals surface area contributed by atoms with Gasteiger partial charge in [-0.15, -0.1) is 0 Å². The number of fused-ring (bicyclic) bond motifs is 1. The lowest BCUT2D eigenvalue weighted by molar-refractivity contribution is -0.144. The van der Waals surface area contributed by atoms with Crippen LogP contribution in [0, 0.1) is 0 Å². The molecule has 10 heteroatoms. The SMILES string of the molecule is CC=CCOC(=O)[C@H](CCCN=C(N)N)NS(=O)(=O)c1cccc2c(N(C)C)cccc12. The Bertz CT molecular complexity index is 1090. The number of carbonyl (C=O) groups excluding carboxylic acids is 1. The molecule has 2 rings (SSSR count). The van der Waals surface area contributed by atoms with Gasteiger partial charge in [0.05, 0.1) is 4.90 Å². The Morgan fingerprint density at radius 3 is 2.53 bits per heavy atom. The van der Waals surface area contributed by atoms with Gasteiger partial charge in [0.1, 0.15) is 12.6 Å². The van der Waals surface area contributed by atoms with Crippen molar-refractivity contribution >= 4 is 38.4 Å². The Hall–Kier alpha value is -3.11. The molecular weight excluding hydrogens is 430 g/mol. The van der Waals surface area contributed by atoms with Crippen LogP contribution in [0.3, 0.4) is 0 Å². The Kier molecular flexibility index (Phi) is 9.03. The summed E-state index contributed by atoms with van der Waals surface area (Å²) in [5.74, 6) is -0.726. The van der Waals surface area contributed by atoms with Crippen LogP contribution in [0.25, 0.3) is 10.8 Å². The van der Waals surface area contributed by atoms with Crippen molar-refractivity contribution in [2.45, 2.75) is 30.7 Å². The van der Waals surface area contributed by atoms with Crippen LogP contribution in [-0.4, -0.2) is 53.6 Å². The molecule has 0 saturated carbocycles. The van der Waals surface area contributed by atoms with Crippen molar-refractivity contribution in [2.24, 2.45) is 16.5 Å². The fraction of sp³-hybridized carbons (Fsp3) is 0.364. The first-order valence-corrected chi connectivity index (χ1v) is 11.7. The number of nitrogens with two attached hydrogens (primary N) is 2. The van der Waals surface area contributed by atoms with E-state index in [2.05, 4.69) is 9.71 Å². The quantitative estimate of drug-likeness (QED) is 0.152. The molecule has 0 fully saturated rings. The molecule has 174 valence electrons. The van der Waals surface area contributed by atoms with Gasteiger partial charge in [-0.2, -0.15) is 4.72 Å². The first kappa shape index (κ1) is 25.2. The Labute approximate surface area is 189 Å². The molecule has 0 aliphatic heterocycles. The third-order valence-corrected chi connectivity index (χ3v) is 6.24. The Morgan fingerprint density at radius 2 is 1.88 bits per heavy atom. The molecule has 5 N–H and O–H groups in total. The van der Waals surface area contributed by atoms with Crippen LogP contribution in [-0.2, 0) is 19.6 Å². The topological polar surface area (TPSA) is 140 Å². The number of rotatable bonds is 11. The molecule has 0 spiro atoms. The molecule has 2 aromatic carbocycles. The van der Waals surface area contributed by atoms with Gasteiger partial charge >= 0.3 is 5.97 Å². The van der Waals surface area contributed by atoms with E-state index in [-0.39, 0.29) is 30.4 Å². The molecule has 0 aliphatic carbocycles. The van der Waals surface area contributed by atoms with Crippen molar-refractivity contribution in [2.75, 3.05) is 32.1 Å². The van der Waals surface area contributed by atoms with Crippen LogP contribution in [0.2, 0.25) is 0 Å². The summed E-state index contributed by atoms with van der Waals surface area (Å²) in [5, 5.41) is 1.35. The molecule has 0 aliphatic rings. The second-order valence-corrected chi connectivity index (χ2v) is 9.03. The van der Waals surface area contributed by atoms with Gasteiger partial charge in [0, 0.05) is 37.1 Å². The van der Waals surface area contributed by atoms with Gasteiger partial charge in [0.2, 0.25) is 10.0 Å². The molecule has 9 nitrogen and oxygen atoms in total. The largest absolute Gasteiger partial charge is 0.460 e. The molecule has 0 bridgehead atoms. The van der Waals surface area contributed by atoms with Gasteiger partial charge in [-0.25, -0.2) is 8.42 Å². The minimum absolute atomic E-state index is 0.0575. The molecule has 0 unspecified atom stereocenters. The number of hydrogen-bond donors (Lipinski definition) is 3. The zero-order valence-electron chi connectivity index (χ0n) is 18.6. The molecule has 2 aromatic rings.